The number of anilines is 1. The molecule has 0 radical (unpaired) electrons. The molecule has 6 nitrogen and oxygen atoms in total. The number of rotatable bonds is 7. The monoisotopic (exact) mass is 388 g/mol. The lowest BCUT2D eigenvalue weighted by Crippen LogP contribution is -2.36. The van der Waals surface area contributed by atoms with Crippen LogP contribution in [0.5, 0.6) is 0 Å². The van der Waals surface area contributed by atoms with Crippen LogP contribution >= 0.6 is 0 Å². The van der Waals surface area contributed by atoms with Crippen LogP contribution in [-0.4, -0.2) is 30.9 Å². The first-order valence-electron chi connectivity index (χ1n) is 8.65. The minimum Gasteiger partial charge on any atom is -0.455 e. The topological polar surface area (TPSA) is 84.5 Å². The molecule has 0 bridgehead atoms. The van der Waals surface area contributed by atoms with Gasteiger partial charge < -0.3 is 15.4 Å². The third kappa shape index (κ3) is 4.51. The number of carbonyl (C=O) groups is 3. The maximum absolute atomic E-state index is 13.1. The largest absolute Gasteiger partial charge is 0.455 e. The molecule has 0 aliphatic heterocycles. The SMILES string of the molecule is O=C(COC(=O)C1(c2ccccc2)CC1)NCC(=O)Nc1ccc(F)c(F)c1. The fraction of sp³-hybridized carbons (Fsp3) is 0.250. The summed E-state index contributed by atoms with van der Waals surface area (Å²) in [7, 11) is 0. The number of hydrogen-bond acceptors (Lipinski definition) is 4. The van der Waals surface area contributed by atoms with Gasteiger partial charge in [-0.15, -0.1) is 0 Å². The van der Waals surface area contributed by atoms with Gasteiger partial charge in [-0.25, -0.2) is 8.78 Å². The Morgan fingerprint density at radius 1 is 0.964 bits per heavy atom. The van der Waals surface area contributed by atoms with Crippen LogP contribution in [0.1, 0.15) is 18.4 Å². The highest BCUT2D eigenvalue weighted by atomic mass is 19.2. The first-order chi connectivity index (χ1) is 13.4. The zero-order valence-corrected chi connectivity index (χ0v) is 14.8. The van der Waals surface area contributed by atoms with Crippen LogP contribution in [0.15, 0.2) is 48.5 Å². The standard InChI is InChI=1S/C20H18F2N2O4/c21-15-7-6-14(10-16(15)22)24-17(25)11-23-18(26)12-28-19(27)20(8-9-20)13-4-2-1-3-5-13/h1-7,10H,8-9,11-12H2,(H,23,26)(H,24,25). The van der Waals surface area contributed by atoms with Crippen molar-refractivity contribution in [1.29, 1.82) is 0 Å². The number of esters is 1. The van der Waals surface area contributed by atoms with Crippen molar-refractivity contribution in [3.63, 3.8) is 0 Å². The van der Waals surface area contributed by atoms with E-state index in [1.165, 1.54) is 6.07 Å². The van der Waals surface area contributed by atoms with Gasteiger partial charge in [-0.2, -0.15) is 0 Å². The van der Waals surface area contributed by atoms with E-state index < -0.39 is 48.0 Å². The second kappa shape index (κ2) is 8.16. The summed E-state index contributed by atoms with van der Waals surface area (Å²) < 4.78 is 31.0. The number of halogens is 2. The smallest absolute Gasteiger partial charge is 0.317 e. The van der Waals surface area contributed by atoms with E-state index in [1.807, 2.05) is 30.3 Å². The van der Waals surface area contributed by atoms with E-state index in [1.54, 1.807) is 0 Å². The molecule has 146 valence electrons. The lowest BCUT2D eigenvalue weighted by molar-refractivity contribution is -0.151. The number of carbonyl (C=O) groups excluding carboxylic acids is 3. The third-order valence-electron chi connectivity index (χ3n) is 4.45. The van der Waals surface area contributed by atoms with E-state index in [0.717, 1.165) is 17.7 Å². The lowest BCUT2D eigenvalue weighted by atomic mass is 9.96. The van der Waals surface area contributed by atoms with Crippen molar-refractivity contribution in [1.82, 2.24) is 5.32 Å². The minimum atomic E-state index is -1.10. The Morgan fingerprint density at radius 2 is 1.68 bits per heavy atom. The van der Waals surface area contributed by atoms with Gasteiger partial charge in [-0.1, -0.05) is 30.3 Å². The highest BCUT2D eigenvalue weighted by Gasteiger charge is 2.52. The van der Waals surface area contributed by atoms with E-state index in [2.05, 4.69) is 10.6 Å². The molecule has 1 aliphatic carbocycles. The molecule has 8 heteroatoms. The molecule has 2 amide bonds. The molecule has 2 aromatic rings. The minimum absolute atomic E-state index is 0.0584. The summed E-state index contributed by atoms with van der Waals surface area (Å²) in [5.74, 6) is -3.87. The van der Waals surface area contributed by atoms with E-state index >= 15 is 0 Å². The van der Waals surface area contributed by atoms with Gasteiger partial charge in [-0.3, -0.25) is 14.4 Å². The Morgan fingerprint density at radius 3 is 2.32 bits per heavy atom. The molecule has 0 spiro atoms. The van der Waals surface area contributed by atoms with Gasteiger partial charge in [0, 0.05) is 11.8 Å². The van der Waals surface area contributed by atoms with Gasteiger partial charge in [0.15, 0.2) is 18.2 Å². The molecule has 2 N–H and O–H groups in total. The maximum atomic E-state index is 13.1. The maximum Gasteiger partial charge on any atom is 0.317 e. The van der Waals surface area contributed by atoms with Crippen molar-refractivity contribution in [3.8, 4) is 0 Å². The Labute approximate surface area is 159 Å². The van der Waals surface area contributed by atoms with Gasteiger partial charge in [0.1, 0.15) is 0 Å². The predicted molar refractivity (Wildman–Crippen MR) is 96.3 cm³/mol. The summed E-state index contributed by atoms with van der Waals surface area (Å²) in [5.41, 5.74) is 0.223. The number of hydrogen-bond donors (Lipinski definition) is 2. The lowest BCUT2D eigenvalue weighted by Gasteiger charge is -2.14. The summed E-state index contributed by atoms with van der Waals surface area (Å²) in [5, 5.41) is 4.62. The van der Waals surface area contributed by atoms with Crippen LogP contribution in [0.2, 0.25) is 0 Å². The van der Waals surface area contributed by atoms with Crippen molar-refractivity contribution in [2.24, 2.45) is 0 Å². The quantitative estimate of drug-likeness (QED) is 0.713. The first-order valence-corrected chi connectivity index (χ1v) is 8.65. The van der Waals surface area contributed by atoms with Crippen molar-refractivity contribution in [2.75, 3.05) is 18.5 Å². The molecule has 0 atom stereocenters. The van der Waals surface area contributed by atoms with E-state index in [9.17, 15) is 23.2 Å². The molecule has 3 rings (SSSR count). The second-order valence-corrected chi connectivity index (χ2v) is 6.48. The molecule has 1 saturated carbocycles. The molecular weight excluding hydrogens is 370 g/mol. The van der Waals surface area contributed by atoms with Crippen molar-refractivity contribution in [2.45, 2.75) is 18.3 Å². The van der Waals surface area contributed by atoms with E-state index in [4.69, 9.17) is 4.74 Å². The summed E-state index contributed by atoms with van der Waals surface area (Å²) in [4.78, 5) is 35.9. The van der Waals surface area contributed by atoms with Crippen molar-refractivity contribution < 1.29 is 27.9 Å². The van der Waals surface area contributed by atoms with Gasteiger partial charge in [0.2, 0.25) is 5.91 Å². The van der Waals surface area contributed by atoms with Gasteiger partial charge in [0.05, 0.1) is 12.0 Å². The molecule has 1 aliphatic rings. The highest BCUT2D eigenvalue weighted by molar-refractivity contribution is 5.95. The van der Waals surface area contributed by atoms with Gasteiger partial charge in [0.25, 0.3) is 5.91 Å². The van der Waals surface area contributed by atoms with Crippen LogP contribution in [-0.2, 0) is 24.5 Å². The highest BCUT2D eigenvalue weighted by Crippen LogP contribution is 2.49. The molecule has 2 aromatic carbocycles. The average molecular weight is 388 g/mol. The summed E-state index contributed by atoms with van der Waals surface area (Å²) >= 11 is 0. The van der Waals surface area contributed by atoms with Gasteiger partial charge >= 0.3 is 5.97 Å². The number of ether oxygens (including phenoxy) is 1. The number of benzene rings is 2. The Bertz CT molecular complexity index is 898. The molecular formula is C20H18F2N2O4. The van der Waals surface area contributed by atoms with Crippen LogP contribution in [0.3, 0.4) is 0 Å². The summed E-state index contributed by atoms with van der Waals surface area (Å²) in [6, 6.07) is 12.1. The Balaban J connectivity index is 1.42. The van der Waals surface area contributed by atoms with Crippen LogP contribution < -0.4 is 10.6 Å². The molecule has 0 unspecified atom stereocenters. The number of nitrogens with one attached hydrogen (secondary N) is 2. The van der Waals surface area contributed by atoms with Crippen molar-refractivity contribution in [3.05, 3.63) is 65.7 Å². The third-order valence-corrected chi connectivity index (χ3v) is 4.45. The molecule has 0 saturated heterocycles. The summed E-state index contributed by atoms with van der Waals surface area (Å²) in [6.07, 6.45) is 1.32. The predicted octanol–water partition coefficient (Wildman–Crippen LogP) is 2.29. The fourth-order valence-corrected chi connectivity index (χ4v) is 2.77. The Hall–Kier alpha value is -3.29. The van der Waals surface area contributed by atoms with Crippen LogP contribution in [0, 0.1) is 11.6 Å². The second-order valence-electron chi connectivity index (χ2n) is 6.48. The normalized spacial score (nSPS) is 14.1. The fourth-order valence-electron chi connectivity index (χ4n) is 2.77. The van der Waals surface area contributed by atoms with Crippen LogP contribution in [0.4, 0.5) is 14.5 Å². The van der Waals surface area contributed by atoms with Gasteiger partial charge in [-0.05, 0) is 30.5 Å². The molecule has 0 aromatic heterocycles. The first kappa shape index (κ1) is 19.5. The number of amides is 2. The van der Waals surface area contributed by atoms with Crippen molar-refractivity contribution >= 4 is 23.5 Å². The Kier molecular flexibility index (Phi) is 5.67. The zero-order valence-electron chi connectivity index (χ0n) is 14.8. The zero-order chi connectivity index (χ0) is 20.1. The molecule has 0 heterocycles. The van der Waals surface area contributed by atoms with E-state index in [-0.39, 0.29) is 5.69 Å². The van der Waals surface area contributed by atoms with Crippen LogP contribution in [0.25, 0.3) is 0 Å². The average Bonchev–Trinajstić information content (AvgIpc) is 3.50. The molecule has 1 fully saturated rings. The summed E-state index contributed by atoms with van der Waals surface area (Å²) in [6.45, 7) is -0.912. The molecule has 28 heavy (non-hydrogen) atoms. The van der Waals surface area contributed by atoms with E-state index in [0.29, 0.717) is 12.8 Å².